The number of aliphatic hydroxyl groups is 1. The van der Waals surface area contributed by atoms with E-state index in [4.69, 9.17) is 18.0 Å². The van der Waals surface area contributed by atoms with E-state index in [9.17, 15) is 9.90 Å². The fourth-order valence-electron chi connectivity index (χ4n) is 2.42. The van der Waals surface area contributed by atoms with E-state index in [2.05, 4.69) is 0 Å². The first-order valence-electron chi connectivity index (χ1n) is 6.55. The van der Waals surface area contributed by atoms with Crippen LogP contribution in [0.2, 0.25) is 0 Å². The minimum absolute atomic E-state index is 0.00944. The molecule has 1 heterocycles. The highest BCUT2D eigenvalue weighted by Crippen LogP contribution is 2.23. The van der Waals surface area contributed by atoms with Crippen LogP contribution in [0.5, 0.6) is 0 Å². The van der Waals surface area contributed by atoms with E-state index in [1.165, 1.54) is 0 Å². The van der Waals surface area contributed by atoms with Gasteiger partial charge in [0.05, 0.1) is 16.5 Å². The number of thiocarbonyl (C=S) groups is 1. The third kappa shape index (κ3) is 3.92. The summed E-state index contributed by atoms with van der Waals surface area (Å²) in [6.45, 7) is 7.00. The molecule has 1 rings (SSSR count). The predicted molar refractivity (Wildman–Crippen MR) is 76.2 cm³/mol. The first-order valence-corrected chi connectivity index (χ1v) is 6.96. The zero-order valence-electron chi connectivity index (χ0n) is 11.5. The molecule has 18 heavy (non-hydrogen) atoms. The molecule has 0 aromatic heterocycles. The second kappa shape index (κ2) is 5.97. The lowest BCUT2D eigenvalue weighted by Gasteiger charge is -2.28. The molecular weight excluding hydrogens is 248 g/mol. The van der Waals surface area contributed by atoms with Crippen molar-refractivity contribution in [2.24, 2.45) is 17.6 Å². The largest absolute Gasteiger partial charge is 0.393 e. The number of amides is 1. The van der Waals surface area contributed by atoms with Crippen molar-refractivity contribution in [3.05, 3.63) is 0 Å². The minimum Gasteiger partial charge on any atom is -0.393 e. The molecule has 5 heteroatoms. The van der Waals surface area contributed by atoms with Crippen molar-refractivity contribution in [1.29, 1.82) is 0 Å². The SMILES string of the molecule is CC(C)C(C(=O)N1CCCC(C)(O)CC1)C(N)=S. The highest BCUT2D eigenvalue weighted by molar-refractivity contribution is 7.80. The number of hydrogen-bond acceptors (Lipinski definition) is 3. The number of hydrogen-bond donors (Lipinski definition) is 2. The van der Waals surface area contributed by atoms with Gasteiger partial charge in [0.2, 0.25) is 5.91 Å². The smallest absolute Gasteiger partial charge is 0.232 e. The molecule has 1 saturated heterocycles. The van der Waals surface area contributed by atoms with Crippen LogP contribution in [-0.2, 0) is 4.79 Å². The average molecular weight is 272 g/mol. The van der Waals surface area contributed by atoms with Crippen molar-refractivity contribution < 1.29 is 9.90 Å². The fourth-order valence-corrected chi connectivity index (χ4v) is 2.79. The molecule has 1 fully saturated rings. The van der Waals surface area contributed by atoms with Crippen LogP contribution >= 0.6 is 12.2 Å². The molecular formula is C13H24N2O2S. The van der Waals surface area contributed by atoms with Gasteiger partial charge < -0.3 is 15.7 Å². The standard InChI is InChI=1S/C13H24N2O2S/c1-9(2)10(11(14)18)12(16)15-7-4-5-13(3,17)6-8-15/h9-10,17H,4-8H2,1-3H3,(H2,14,18). The summed E-state index contributed by atoms with van der Waals surface area (Å²) < 4.78 is 0. The van der Waals surface area contributed by atoms with Crippen LogP contribution in [0, 0.1) is 11.8 Å². The Bertz CT molecular complexity index is 329. The van der Waals surface area contributed by atoms with Gasteiger partial charge in [0, 0.05) is 13.1 Å². The predicted octanol–water partition coefficient (Wildman–Crippen LogP) is 1.31. The third-order valence-electron chi connectivity index (χ3n) is 3.61. The van der Waals surface area contributed by atoms with Crippen LogP contribution < -0.4 is 5.73 Å². The van der Waals surface area contributed by atoms with Gasteiger partial charge in [-0.25, -0.2) is 0 Å². The van der Waals surface area contributed by atoms with Crippen LogP contribution in [0.3, 0.4) is 0 Å². The number of nitrogens with zero attached hydrogens (tertiary/aromatic N) is 1. The third-order valence-corrected chi connectivity index (χ3v) is 3.87. The van der Waals surface area contributed by atoms with Gasteiger partial charge in [-0.2, -0.15) is 0 Å². The van der Waals surface area contributed by atoms with E-state index < -0.39 is 5.60 Å². The van der Waals surface area contributed by atoms with Gasteiger partial charge in [0.15, 0.2) is 0 Å². The molecule has 0 aliphatic carbocycles. The molecule has 0 bridgehead atoms. The number of likely N-dealkylation sites (tertiary alicyclic amines) is 1. The summed E-state index contributed by atoms with van der Waals surface area (Å²) in [7, 11) is 0. The summed E-state index contributed by atoms with van der Waals surface area (Å²) in [6.07, 6.45) is 2.16. The Hall–Kier alpha value is -0.680. The fraction of sp³-hybridized carbons (Fsp3) is 0.846. The van der Waals surface area contributed by atoms with Crippen molar-refractivity contribution in [3.8, 4) is 0 Å². The summed E-state index contributed by atoms with van der Waals surface area (Å²) >= 11 is 5.00. The van der Waals surface area contributed by atoms with Crippen LogP contribution in [0.1, 0.15) is 40.0 Å². The maximum atomic E-state index is 12.4. The second-order valence-electron chi connectivity index (χ2n) is 5.80. The van der Waals surface area contributed by atoms with Crippen LogP contribution in [0.4, 0.5) is 0 Å². The zero-order chi connectivity index (χ0) is 13.9. The van der Waals surface area contributed by atoms with E-state index in [1.807, 2.05) is 20.8 Å². The van der Waals surface area contributed by atoms with Gasteiger partial charge >= 0.3 is 0 Å². The van der Waals surface area contributed by atoms with E-state index in [0.29, 0.717) is 19.5 Å². The quantitative estimate of drug-likeness (QED) is 0.760. The Morgan fingerprint density at radius 1 is 1.39 bits per heavy atom. The molecule has 1 aliphatic rings. The number of nitrogens with two attached hydrogens (primary N) is 1. The van der Waals surface area contributed by atoms with Crippen LogP contribution in [0.15, 0.2) is 0 Å². The maximum absolute atomic E-state index is 12.4. The summed E-state index contributed by atoms with van der Waals surface area (Å²) in [6, 6.07) is 0. The van der Waals surface area contributed by atoms with Gasteiger partial charge in [0.1, 0.15) is 0 Å². The lowest BCUT2D eigenvalue weighted by atomic mass is 9.94. The minimum atomic E-state index is -0.661. The number of carbonyl (C=O) groups excluding carboxylic acids is 1. The molecule has 0 saturated carbocycles. The Morgan fingerprint density at radius 2 is 2.00 bits per heavy atom. The van der Waals surface area contributed by atoms with Crippen LogP contribution in [-0.4, -0.2) is 39.6 Å². The van der Waals surface area contributed by atoms with Crippen molar-refractivity contribution in [1.82, 2.24) is 4.90 Å². The molecule has 0 radical (unpaired) electrons. The lowest BCUT2D eigenvalue weighted by molar-refractivity contribution is -0.134. The van der Waals surface area contributed by atoms with E-state index >= 15 is 0 Å². The Balaban J connectivity index is 2.74. The zero-order valence-corrected chi connectivity index (χ0v) is 12.3. The lowest BCUT2D eigenvalue weighted by Crippen LogP contribution is -2.44. The molecule has 0 aromatic rings. The van der Waals surface area contributed by atoms with Crippen molar-refractivity contribution >= 4 is 23.1 Å². The van der Waals surface area contributed by atoms with Gasteiger partial charge in [-0.05, 0) is 32.1 Å². The summed E-state index contributed by atoms with van der Waals surface area (Å²) in [5, 5.41) is 10.0. The van der Waals surface area contributed by atoms with Gasteiger partial charge in [-0.3, -0.25) is 4.79 Å². The molecule has 0 aromatic carbocycles. The van der Waals surface area contributed by atoms with Gasteiger partial charge in [0.25, 0.3) is 0 Å². The molecule has 2 atom stereocenters. The average Bonchev–Trinajstić information content (AvgIpc) is 2.38. The number of carbonyl (C=O) groups is 1. The molecule has 4 nitrogen and oxygen atoms in total. The maximum Gasteiger partial charge on any atom is 0.232 e. The monoisotopic (exact) mass is 272 g/mol. The molecule has 104 valence electrons. The van der Waals surface area contributed by atoms with Crippen molar-refractivity contribution in [3.63, 3.8) is 0 Å². The Kier molecular flexibility index (Phi) is 5.10. The first kappa shape index (κ1) is 15.4. The molecule has 2 unspecified atom stereocenters. The molecule has 1 aliphatic heterocycles. The summed E-state index contributed by atoms with van der Waals surface area (Å²) in [5.74, 6) is -0.267. The second-order valence-corrected chi connectivity index (χ2v) is 6.27. The van der Waals surface area contributed by atoms with E-state index in [1.54, 1.807) is 4.90 Å². The van der Waals surface area contributed by atoms with E-state index in [-0.39, 0.29) is 22.7 Å². The highest BCUT2D eigenvalue weighted by Gasteiger charge is 2.32. The van der Waals surface area contributed by atoms with E-state index in [0.717, 1.165) is 12.8 Å². The first-order chi connectivity index (χ1) is 8.24. The molecule has 0 spiro atoms. The summed E-state index contributed by atoms with van der Waals surface area (Å²) in [5.41, 5.74) is 5.01. The number of rotatable bonds is 3. The Labute approximate surface area is 115 Å². The van der Waals surface area contributed by atoms with Gasteiger partial charge in [-0.1, -0.05) is 26.1 Å². The topological polar surface area (TPSA) is 66.6 Å². The van der Waals surface area contributed by atoms with Gasteiger partial charge in [-0.15, -0.1) is 0 Å². The normalized spacial score (nSPS) is 26.8. The van der Waals surface area contributed by atoms with Crippen molar-refractivity contribution in [2.75, 3.05) is 13.1 Å². The summed E-state index contributed by atoms with van der Waals surface area (Å²) in [4.78, 5) is 14.5. The Morgan fingerprint density at radius 3 is 2.50 bits per heavy atom. The van der Waals surface area contributed by atoms with Crippen LogP contribution in [0.25, 0.3) is 0 Å². The van der Waals surface area contributed by atoms with Crippen molar-refractivity contribution in [2.45, 2.75) is 45.6 Å². The molecule has 1 amide bonds. The highest BCUT2D eigenvalue weighted by atomic mass is 32.1. The molecule has 3 N–H and O–H groups in total.